The molecule has 19 heavy (non-hydrogen) atoms. The van der Waals surface area contributed by atoms with Crippen molar-refractivity contribution in [2.75, 3.05) is 6.54 Å². The first-order chi connectivity index (χ1) is 8.94. The molecule has 1 heteroatoms. The molecule has 0 aliphatic carbocycles. The molecule has 0 aliphatic heterocycles. The molecule has 0 saturated carbocycles. The van der Waals surface area contributed by atoms with Gasteiger partial charge in [-0.1, -0.05) is 65.0 Å². The third-order valence-electron chi connectivity index (χ3n) is 3.69. The smallest absolute Gasteiger partial charge is 0.0346 e. The van der Waals surface area contributed by atoms with Crippen molar-refractivity contribution in [3.63, 3.8) is 0 Å². The number of benzene rings is 1. The molecular weight excluding hydrogens is 230 g/mol. The van der Waals surface area contributed by atoms with E-state index >= 15 is 0 Å². The Morgan fingerprint density at radius 2 is 1.74 bits per heavy atom. The summed E-state index contributed by atoms with van der Waals surface area (Å²) in [6, 6.07) is 11.4. The molecule has 0 bridgehead atoms. The highest BCUT2D eigenvalue weighted by molar-refractivity contribution is 5.19. The number of hydrogen-bond donors (Lipinski definition) is 1. The summed E-state index contributed by atoms with van der Waals surface area (Å²) in [5.41, 5.74) is 1.86. The lowest BCUT2D eigenvalue weighted by Crippen LogP contribution is -2.28. The second-order valence-corrected chi connectivity index (χ2v) is 6.92. The minimum absolute atomic E-state index is 0.431. The van der Waals surface area contributed by atoms with E-state index in [1.54, 1.807) is 0 Å². The summed E-state index contributed by atoms with van der Waals surface area (Å²) in [5.74, 6) is 0.674. The molecule has 2 unspecified atom stereocenters. The second-order valence-electron chi connectivity index (χ2n) is 6.92. The van der Waals surface area contributed by atoms with E-state index in [2.05, 4.69) is 70.3 Å². The first-order valence-corrected chi connectivity index (χ1v) is 7.72. The van der Waals surface area contributed by atoms with Gasteiger partial charge in [-0.25, -0.2) is 0 Å². The largest absolute Gasteiger partial charge is 0.310 e. The van der Waals surface area contributed by atoms with Gasteiger partial charge in [0.15, 0.2) is 0 Å². The Labute approximate surface area is 119 Å². The second kappa shape index (κ2) is 7.69. The highest BCUT2D eigenvalue weighted by Gasteiger charge is 2.20. The average molecular weight is 261 g/mol. The lowest BCUT2D eigenvalue weighted by molar-refractivity contribution is 0.289. The molecule has 0 aliphatic rings. The summed E-state index contributed by atoms with van der Waals surface area (Å²) in [7, 11) is 0. The minimum atomic E-state index is 0.431. The topological polar surface area (TPSA) is 12.0 Å². The third kappa shape index (κ3) is 6.24. The van der Waals surface area contributed by atoms with Crippen LogP contribution in [0.3, 0.4) is 0 Å². The SMILES string of the molecule is CCCNC(c1ccccc1)C(C)CCC(C)(C)C. The zero-order valence-electron chi connectivity index (χ0n) is 13.4. The Hall–Kier alpha value is -0.820. The molecule has 2 atom stereocenters. The number of nitrogens with one attached hydrogen (secondary N) is 1. The van der Waals surface area contributed by atoms with E-state index < -0.39 is 0 Å². The minimum Gasteiger partial charge on any atom is -0.310 e. The van der Waals surface area contributed by atoms with E-state index in [-0.39, 0.29) is 0 Å². The molecule has 0 fully saturated rings. The fourth-order valence-corrected chi connectivity index (χ4v) is 2.44. The molecule has 0 radical (unpaired) electrons. The lowest BCUT2D eigenvalue weighted by atomic mass is 9.83. The Kier molecular flexibility index (Phi) is 6.57. The van der Waals surface area contributed by atoms with Gasteiger partial charge in [-0.05, 0) is 42.7 Å². The van der Waals surface area contributed by atoms with Crippen LogP contribution in [0, 0.1) is 11.3 Å². The third-order valence-corrected chi connectivity index (χ3v) is 3.69. The van der Waals surface area contributed by atoms with Crippen molar-refractivity contribution in [3.8, 4) is 0 Å². The van der Waals surface area contributed by atoms with E-state index in [9.17, 15) is 0 Å². The lowest BCUT2D eigenvalue weighted by Gasteiger charge is -2.28. The molecule has 1 nitrogen and oxygen atoms in total. The molecule has 1 aromatic carbocycles. The summed E-state index contributed by atoms with van der Waals surface area (Å²) in [4.78, 5) is 0. The molecule has 0 saturated heterocycles. The zero-order chi connectivity index (χ0) is 14.3. The predicted octanol–water partition coefficient (Wildman–Crippen LogP) is 5.19. The van der Waals surface area contributed by atoms with Gasteiger partial charge in [0.25, 0.3) is 0 Å². The molecular formula is C18H31N. The fraction of sp³-hybridized carbons (Fsp3) is 0.667. The molecule has 1 rings (SSSR count). The first-order valence-electron chi connectivity index (χ1n) is 7.72. The molecule has 0 amide bonds. The van der Waals surface area contributed by atoms with Crippen LogP contribution in [0.1, 0.15) is 65.5 Å². The highest BCUT2D eigenvalue weighted by Crippen LogP contribution is 2.30. The maximum Gasteiger partial charge on any atom is 0.0346 e. The van der Waals surface area contributed by atoms with Crippen molar-refractivity contribution in [2.24, 2.45) is 11.3 Å². The van der Waals surface area contributed by atoms with Crippen molar-refractivity contribution in [1.29, 1.82) is 0 Å². The summed E-state index contributed by atoms with van der Waals surface area (Å²) in [6.07, 6.45) is 3.75. The van der Waals surface area contributed by atoms with Gasteiger partial charge in [0, 0.05) is 6.04 Å². The summed E-state index contributed by atoms with van der Waals surface area (Å²) < 4.78 is 0. The van der Waals surface area contributed by atoms with Crippen molar-refractivity contribution < 1.29 is 0 Å². The van der Waals surface area contributed by atoms with Gasteiger partial charge in [-0.15, -0.1) is 0 Å². The van der Waals surface area contributed by atoms with Crippen LogP contribution in [0.2, 0.25) is 0 Å². The van der Waals surface area contributed by atoms with Crippen molar-refractivity contribution in [3.05, 3.63) is 35.9 Å². The van der Waals surface area contributed by atoms with Crippen molar-refractivity contribution in [2.45, 2.75) is 59.9 Å². The Bertz CT molecular complexity index is 336. The van der Waals surface area contributed by atoms with Crippen LogP contribution in [0.25, 0.3) is 0 Å². The van der Waals surface area contributed by atoms with Crippen molar-refractivity contribution in [1.82, 2.24) is 5.32 Å². The molecule has 108 valence electrons. The Balaban J connectivity index is 2.68. The standard InChI is InChI=1S/C18H31N/c1-6-14-19-17(16-10-8-7-9-11-16)15(2)12-13-18(3,4)5/h7-11,15,17,19H,6,12-14H2,1-5H3. The molecule has 0 heterocycles. The van der Waals surface area contributed by atoms with E-state index in [0.29, 0.717) is 17.4 Å². The van der Waals surface area contributed by atoms with Crippen LogP contribution in [0.5, 0.6) is 0 Å². The molecule has 0 spiro atoms. The van der Waals surface area contributed by atoms with Gasteiger partial charge in [-0.2, -0.15) is 0 Å². The van der Waals surface area contributed by atoms with Crippen LogP contribution < -0.4 is 5.32 Å². The fourth-order valence-electron chi connectivity index (χ4n) is 2.44. The maximum atomic E-state index is 3.72. The molecule has 1 N–H and O–H groups in total. The normalized spacial score (nSPS) is 15.2. The van der Waals surface area contributed by atoms with E-state index in [4.69, 9.17) is 0 Å². The summed E-state index contributed by atoms with van der Waals surface area (Å²) in [6.45, 7) is 12.7. The zero-order valence-corrected chi connectivity index (χ0v) is 13.4. The van der Waals surface area contributed by atoms with E-state index in [1.165, 1.54) is 24.8 Å². The first kappa shape index (κ1) is 16.2. The van der Waals surface area contributed by atoms with Crippen LogP contribution in [-0.2, 0) is 0 Å². The van der Waals surface area contributed by atoms with Crippen molar-refractivity contribution >= 4 is 0 Å². The Morgan fingerprint density at radius 1 is 1.11 bits per heavy atom. The van der Waals surface area contributed by atoms with Gasteiger partial charge >= 0.3 is 0 Å². The van der Waals surface area contributed by atoms with Gasteiger partial charge < -0.3 is 5.32 Å². The van der Waals surface area contributed by atoms with E-state index in [1.807, 2.05) is 0 Å². The monoisotopic (exact) mass is 261 g/mol. The van der Waals surface area contributed by atoms with Gasteiger partial charge in [-0.3, -0.25) is 0 Å². The maximum absolute atomic E-state index is 3.72. The summed E-state index contributed by atoms with van der Waals surface area (Å²) in [5, 5.41) is 3.72. The van der Waals surface area contributed by atoms with Crippen LogP contribution in [-0.4, -0.2) is 6.54 Å². The molecule has 1 aromatic rings. The highest BCUT2D eigenvalue weighted by atomic mass is 14.9. The molecule has 0 aromatic heterocycles. The quantitative estimate of drug-likeness (QED) is 0.712. The predicted molar refractivity (Wildman–Crippen MR) is 85.3 cm³/mol. The van der Waals surface area contributed by atoms with Crippen LogP contribution in [0.4, 0.5) is 0 Å². The van der Waals surface area contributed by atoms with Gasteiger partial charge in [0.2, 0.25) is 0 Å². The van der Waals surface area contributed by atoms with Gasteiger partial charge in [0.1, 0.15) is 0 Å². The van der Waals surface area contributed by atoms with E-state index in [0.717, 1.165) is 6.54 Å². The van der Waals surface area contributed by atoms with Gasteiger partial charge in [0.05, 0.1) is 0 Å². The Morgan fingerprint density at radius 3 is 2.26 bits per heavy atom. The van der Waals surface area contributed by atoms with Crippen LogP contribution in [0.15, 0.2) is 30.3 Å². The summed E-state index contributed by atoms with van der Waals surface area (Å²) >= 11 is 0. The number of rotatable bonds is 7. The number of hydrogen-bond acceptors (Lipinski definition) is 1. The van der Waals surface area contributed by atoms with Crippen LogP contribution >= 0.6 is 0 Å². The average Bonchev–Trinajstić information content (AvgIpc) is 2.37.